The van der Waals surface area contributed by atoms with E-state index in [4.69, 9.17) is 14.2 Å². The van der Waals surface area contributed by atoms with Crippen molar-refractivity contribution < 1.29 is 23.8 Å². The molecule has 3 aromatic carbocycles. The number of methoxy groups -OCH3 is 2. The van der Waals surface area contributed by atoms with E-state index in [0.717, 1.165) is 5.56 Å². The maximum absolute atomic E-state index is 12.8. The van der Waals surface area contributed by atoms with E-state index in [1.807, 2.05) is 36.4 Å². The van der Waals surface area contributed by atoms with E-state index in [1.54, 1.807) is 57.5 Å². The molecule has 0 aromatic heterocycles. The van der Waals surface area contributed by atoms with Gasteiger partial charge in [0.1, 0.15) is 5.75 Å². The number of ether oxygens (including phenoxy) is 3. The number of benzene rings is 3. The van der Waals surface area contributed by atoms with Crippen LogP contribution in [0.25, 0.3) is 0 Å². The van der Waals surface area contributed by atoms with Crippen molar-refractivity contribution in [1.29, 1.82) is 0 Å². The molecule has 0 aliphatic heterocycles. The summed E-state index contributed by atoms with van der Waals surface area (Å²) in [7, 11) is 3.17. The van der Waals surface area contributed by atoms with Crippen molar-refractivity contribution in [3.8, 4) is 17.2 Å². The Labute approximate surface area is 193 Å². The number of rotatable bonds is 10. The van der Waals surface area contributed by atoms with Crippen LogP contribution in [-0.2, 0) is 11.2 Å². The fourth-order valence-electron chi connectivity index (χ4n) is 3.23. The number of hydrogen-bond donors (Lipinski definition) is 2. The SMILES string of the molecule is COc1ccc(CCNC(=O)c2ccccc2NC(=O)[C@H](C)Oc2ccccc2)cc1OC. The fraction of sp³-hybridized carbons (Fsp3) is 0.231. The van der Waals surface area contributed by atoms with Crippen molar-refractivity contribution in [2.75, 3.05) is 26.1 Å². The lowest BCUT2D eigenvalue weighted by atomic mass is 10.1. The summed E-state index contributed by atoms with van der Waals surface area (Å²) in [5.41, 5.74) is 1.81. The van der Waals surface area contributed by atoms with Gasteiger partial charge >= 0.3 is 0 Å². The van der Waals surface area contributed by atoms with Gasteiger partial charge in [-0.05, 0) is 55.3 Å². The molecule has 1 atom stereocenters. The van der Waals surface area contributed by atoms with Crippen LogP contribution in [-0.4, -0.2) is 38.7 Å². The van der Waals surface area contributed by atoms with Gasteiger partial charge in [0, 0.05) is 6.54 Å². The standard InChI is InChI=1S/C26H28N2O5/c1-18(33-20-9-5-4-6-10-20)25(29)28-22-12-8-7-11-21(22)26(30)27-16-15-19-13-14-23(31-2)24(17-19)32-3/h4-14,17-18H,15-16H2,1-3H3,(H,27,30)(H,28,29)/t18-/m0/s1. The van der Waals surface area contributed by atoms with Crippen molar-refractivity contribution in [2.24, 2.45) is 0 Å². The van der Waals surface area contributed by atoms with Crippen LogP contribution >= 0.6 is 0 Å². The predicted octanol–water partition coefficient (Wildman–Crippen LogP) is 4.08. The van der Waals surface area contributed by atoms with Gasteiger partial charge in [0.25, 0.3) is 11.8 Å². The molecule has 0 heterocycles. The number of amides is 2. The lowest BCUT2D eigenvalue weighted by Gasteiger charge is -2.16. The van der Waals surface area contributed by atoms with Gasteiger partial charge in [0.05, 0.1) is 25.5 Å². The van der Waals surface area contributed by atoms with Gasteiger partial charge in [-0.25, -0.2) is 0 Å². The Morgan fingerprint density at radius 2 is 1.58 bits per heavy atom. The fourth-order valence-corrected chi connectivity index (χ4v) is 3.23. The molecule has 0 saturated heterocycles. The molecule has 0 aliphatic carbocycles. The van der Waals surface area contributed by atoms with E-state index in [2.05, 4.69) is 10.6 Å². The van der Waals surface area contributed by atoms with E-state index >= 15 is 0 Å². The smallest absolute Gasteiger partial charge is 0.265 e. The summed E-state index contributed by atoms with van der Waals surface area (Å²) in [6.07, 6.45) is -0.115. The van der Waals surface area contributed by atoms with Gasteiger partial charge in [-0.2, -0.15) is 0 Å². The van der Waals surface area contributed by atoms with Crippen molar-refractivity contribution in [3.63, 3.8) is 0 Å². The largest absolute Gasteiger partial charge is 0.493 e. The number of carbonyl (C=O) groups excluding carboxylic acids is 2. The molecular weight excluding hydrogens is 420 g/mol. The molecule has 3 rings (SSSR count). The van der Waals surface area contributed by atoms with Gasteiger partial charge in [-0.3, -0.25) is 9.59 Å². The van der Waals surface area contributed by atoms with Crippen LogP contribution in [0, 0.1) is 0 Å². The van der Waals surface area contributed by atoms with Crippen LogP contribution < -0.4 is 24.8 Å². The first kappa shape index (κ1) is 23.7. The van der Waals surface area contributed by atoms with E-state index in [-0.39, 0.29) is 11.8 Å². The van der Waals surface area contributed by atoms with Gasteiger partial charge < -0.3 is 24.8 Å². The third kappa shape index (κ3) is 6.49. The highest BCUT2D eigenvalue weighted by molar-refractivity contribution is 6.04. The third-order valence-corrected chi connectivity index (χ3v) is 5.00. The second-order valence-corrected chi connectivity index (χ2v) is 7.30. The molecule has 2 amide bonds. The summed E-state index contributed by atoms with van der Waals surface area (Å²) in [6, 6.07) is 21.6. The van der Waals surface area contributed by atoms with Crippen LogP contribution in [0.4, 0.5) is 5.69 Å². The average Bonchev–Trinajstić information content (AvgIpc) is 2.84. The Bertz CT molecular complexity index is 1090. The van der Waals surface area contributed by atoms with Crippen LogP contribution in [0.2, 0.25) is 0 Å². The molecule has 3 aromatic rings. The second kappa shape index (κ2) is 11.6. The Balaban J connectivity index is 1.59. The maximum Gasteiger partial charge on any atom is 0.265 e. The molecule has 2 N–H and O–H groups in total. The first-order valence-corrected chi connectivity index (χ1v) is 10.6. The summed E-state index contributed by atoms with van der Waals surface area (Å²) in [5, 5.41) is 5.69. The molecule has 0 aliphatic rings. The highest BCUT2D eigenvalue weighted by Gasteiger charge is 2.18. The van der Waals surface area contributed by atoms with Crippen molar-refractivity contribution in [1.82, 2.24) is 5.32 Å². The van der Waals surface area contributed by atoms with E-state index in [1.165, 1.54) is 0 Å². The molecule has 0 saturated carbocycles. The summed E-state index contributed by atoms with van der Waals surface area (Å²) in [6.45, 7) is 2.08. The number of anilines is 1. The molecule has 0 fully saturated rings. The summed E-state index contributed by atoms with van der Waals surface area (Å²) in [4.78, 5) is 25.4. The highest BCUT2D eigenvalue weighted by atomic mass is 16.5. The molecule has 7 heteroatoms. The van der Waals surface area contributed by atoms with Crippen LogP contribution in [0.15, 0.2) is 72.8 Å². The Morgan fingerprint density at radius 1 is 0.879 bits per heavy atom. The van der Waals surface area contributed by atoms with Crippen molar-refractivity contribution in [2.45, 2.75) is 19.4 Å². The monoisotopic (exact) mass is 448 g/mol. The lowest BCUT2D eigenvalue weighted by Crippen LogP contribution is -2.32. The molecule has 0 spiro atoms. The van der Waals surface area contributed by atoms with Crippen LogP contribution in [0.5, 0.6) is 17.2 Å². The number of nitrogens with one attached hydrogen (secondary N) is 2. The van der Waals surface area contributed by atoms with Gasteiger partial charge in [0.15, 0.2) is 17.6 Å². The molecule has 33 heavy (non-hydrogen) atoms. The predicted molar refractivity (Wildman–Crippen MR) is 127 cm³/mol. The lowest BCUT2D eigenvalue weighted by molar-refractivity contribution is -0.122. The number of carbonyl (C=O) groups is 2. The van der Waals surface area contributed by atoms with Gasteiger partial charge in [-0.1, -0.05) is 36.4 Å². The molecule has 0 bridgehead atoms. The van der Waals surface area contributed by atoms with Crippen molar-refractivity contribution in [3.05, 3.63) is 83.9 Å². The second-order valence-electron chi connectivity index (χ2n) is 7.30. The van der Waals surface area contributed by atoms with Gasteiger partial charge in [-0.15, -0.1) is 0 Å². The van der Waals surface area contributed by atoms with E-state index in [0.29, 0.717) is 41.5 Å². The quantitative estimate of drug-likeness (QED) is 0.488. The Kier molecular flexibility index (Phi) is 8.30. The first-order chi connectivity index (χ1) is 16.0. The third-order valence-electron chi connectivity index (χ3n) is 5.00. The zero-order valence-corrected chi connectivity index (χ0v) is 19.0. The summed E-state index contributed by atoms with van der Waals surface area (Å²) in [5.74, 6) is 1.27. The zero-order valence-electron chi connectivity index (χ0n) is 19.0. The van der Waals surface area contributed by atoms with E-state index in [9.17, 15) is 9.59 Å². The minimum Gasteiger partial charge on any atom is -0.493 e. The minimum absolute atomic E-state index is 0.275. The summed E-state index contributed by atoms with van der Waals surface area (Å²) < 4.78 is 16.2. The topological polar surface area (TPSA) is 85.9 Å². The van der Waals surface area contributed by atoms with Crippen molar-refractivity contribution >= 4 is 17.5 Å². The van der Waals surface area contributed by atoms with Gasteiger partial charge in [0.2, 0.25) is 0 Å². The highest BCUT2D eigenvalue weighted by Crippen LogP contribution is 2.27. The average molecular weight is 449 g/mol. The van der Waals surface area contributed by atoms with E-state index < -0.39 is 6.10 Å². The Hall–Kier alpha value is -4.00. The zero-order chi connectivity index (χ0) is 23.6. The number of hydrogen-bond acceptors (Lipinski definition) is 5. The molecular formula is C26H28N2O5. The first-order valence-electron chi connectivity index (χ1n) is 10.6. The maximum atomic E-state index is 12.8. The van der Waals surface area contributed by atoms with Crippen LogP contribution in [0.3, 0.4) is 0 Å². The molecule has 0 unspecified atom stereocenters. The normalized spacial score (nSPS) is 11.2. The van der Waals surface area contributed by atoms with Crippen LogP contribution in [0.1, 0.15) is 22.8 Å². The Morgan fingerprint density at radius 3 is 2.30 bits per heavy atom. The molecule has 7 nitrogen and oxygen atoms in total. The minimum atomic E-state index is -0.728. The molecule has 172 valence electrons. The number of para-hydroxylation sites is 2. The molecule has 0 radical (unpaired) electrons. The summed E-state index contributed by atoms with van der Waals surface area (Å²) >= 11 is 0.